The molecule has 0 aliphatic carbocycles. The summed E-state index contributed by atoms with van der Waals surface area (Å²) in [6, 6.07) is 0.829. The molecule has 0 spiro atoms. The zero-order valence-corrected chi connectivity index (χ0v) is 9.81. The topological polar surface area (TPSA) is 3.24 Å². The second-order valence-corrected chi connectivity index (χ2v) is 4.44. The van der Waals surface area contributed by atoms with E-state index in [2.05, 4.69) is 39.6 Å². The van der Waals surface area contributed by atoms with Crippen molar-refractivity contribution in [1.82, 2.24) is 4.90 Å². The molecule has 12 heavy (non-hydrogen) atoms. The molecule has 0 aromatic carbocycles. The number of likely N-dealkylation sites (tertiary alicyclic amines) is 1. The lowest BCUT2D eigenvalue weighted by Gasteiger charge is -2.55. The monoisotopic (exact) mass is 171 g/mol. The van der Waals surface area contributed by atoms with Crippen LogP contribution in [0, 0.1) is 5.92 Å². The molecule has 1 rings (SSSR count). The van der Waals surface area contributed by atoms with Crippen LogP contribution in [0.25, 0.3) is 0 Å². The Bertz CT molecular complexity index is 127. The lowest BCUT2D eigenvalue weighted by Crippen LogP contribution is -2.62. The zero-order chi connectivity index (χ0) is 9.94. The molecule has 1 fully saturated rings. The molecule has 1 saturated heterocycles. The van der Waals surface area contributed by atoms with Crippen molar-refractivity contribution < 1.29 is 0 Å². The van der Waals surface area contributed by atoms with E-state index < -0.39 is 0 Å². The maximum absolute atomic E-state index is 2.48. The minimum Gasteiger partial charge on any atom is -0.298 e. The molecular formula is C11H25N. The molecule has 0 radical (unpaired) electrons. The van der Waals surface area contributed by atoms with Crippen molar-refractivity contribution in [3.05, 3.63) is 0 Å². The fourth-order valence-corrected chi connectivity index (χ4v) is 1.81. The van der Waals surface area contributed by atoms with Crippen molar-refractivity contribution in [2.24, 2.45) is 5.92 Å². The molecule has 0 bridgehead atoms. The second-order valence-electron chi connectivity index (χ2n) is 4.44. The quantitative estimate of drug-likeness (QED) is 0.586. The van der Waals surface area contributed by atoms with Crippen molar-refractivity contribution in [2.45, 2.75) is 59.5 Å². The molecule has 0 aromatic heterocycles. The lowest BCUT2D eigenvalue weighted by atomic mass is 9.77. The Labute approximate surface area is 78.1 Å². The van der Waals surface area contributed by atoms with Gasteiger partial charge in [-0.15, -0.1) is 0 Å². The summed E-state index contributed by atoms with van der Waals surface area (Å²) in [5.74, 6) is 0.818. The van der Waals surface area contributed by atoms with E-state index in [0.717, 1.165) is 12.0 Å². The zero-order valence-electron chi connectivity index (χ0n) is 9.81. The summed E-state index contributed by atoms with van der Waals surface area (Å²) in [4.78, 5) is 2.48. The van der Waals surface area contributed by atoms with Gasteiger partial charge < -0.3 is 0 Å². The summed E-state index contributed by atoms with van der Waals surface area (Å²) in [5, 5.41) is 0. The molecule has 74 valence electrons. The Morgan fingerprint density at radius 1 is 1.25 bits per heavy atom. The Balaban J connectivity index is 0.000000561. The highest BCUT2D eigenvalue weighted by Crippen LogP contribution is 2.37. The molecule has 1 aliphatic rings. The standard InChI is InChI=1S/C9H19N.C2H6/c1-7(2)8-6-9(3,4)10(8)5;1-2/h7-8H,6H2,1-5H3;1-2H3. The van der Waals surface area contributed by atoms with Gasteiger partial charge in [-0.2, -0.15) is 0 Å². The van der Waals surface area contributed by atoms with Gasteiger partial charge in [-0.3, -0.25) is 4.90 Å². The van der Waals surface area contributed by atoms with Crippen LogP contribution in [0.15, 0.2) is 0 Å². The first-order valence-corrected chi connectivity index (χ1v) is 5.18. The molecule has 1 atom stereocenters. The normalized spacial score (nSPS) is 27.5. The predicted octanol–water partition coefficient (Wildman–Crippen LogP) is 3.15. The van der Waals surface area contributed by atoms with Crippen molar-refractivity contribution in [1.29, 1.82) is 0 Å². The maximum atomic E-state index is 2.48. The van der Waals surface area contributed by atoms with E-state index in [0.29, 0.717) is 5.54 Å². The van der Waals surface area contributed by atoms with Crippen LogP contribution >= 0.6 is 0 Å². The summed E-state index contributed by atoms with van der Waals surface area (Å²) in [5.41, 5.74) is 0.467. The van der Waals surface area contributed by atoms with E-state index in [4.69, 9.17) is 0 Å². The van der Waals surface area contributed by atoms with Gasteiger partial charge in [-0.25, -0.2) is 0 Å². The predicted molar refractivity (Wildman–Crippen MR) is 56.4 cm³/mol. The molecule has 0 saturated carbocycles. The van der Waals surface area contributed by atoms with E-state index in [1.807, 2.05) is 13.8 Å². The number of rotatable bonds is 1. The first-order chi connectivity index (χ1) is 5.45. The molecule has 0 aromatic rings. The fraction of sp³-hybridized carbons (Fsp3) is 1.00. The Kier molecular flexibility index (Phi) is 4.25. The average molecular weight is 171 g/mol. The molecule has 1 unspecified atom stereocenters. The van der Waals surface area contributed by atoms with Gasteiger partial charge in [-0.1, -0.05) is 27.7 Å². The van der Waals surface area contributed by atoms with Gasteiger partial charge in [0.1, 0.15) is 0 Å². The van der Waals surface area contributed by atoms with Gasteiger partial charge in [0.15, 0.2) is 0 Å². The van der Waals surface area contributed by atoms with Gasteiger partial charge in [0.25, 0.3) is 0 Å². The number of hydrogen-bond acceptors (Lipinski definition) is 1. The average Bonchev–Trinajstić information content (AvgIpc) is 2.03. The fourth-order valence-electron chi connectivity index (χ4n) is 1.81. The Morgan fingerprint density at radius 2 is 1.67 bits per heavy atom. The summed E-state index contributed by atoms with van der Waals surface area (Å²) >= 11 is 0. The molecule has 1 heterocycles. The molecule has 0 amide bonds. The third kappa shape index (κ3) is 2.22. The van der Waals surface area contributed by atoms with Crippen LogP contribution in [0.5, 0.6) is 0 Å². The second kappa shape index (κ2) is 4.27. The first kappa shape index (κ1) is 12.0. The highest BCUT2D eigenvalue weighted by atomic mass is 15.3. The van der Waals surface area contributed by atoms with Crippen LogP contribution in [-0.2, 0) is 0 Å². The van der Waals surface area contributed by atoms with Crippen LogP contribution in [0.2, 0.25) is 0 Å². The maximum Gasteiger partial charge on any atom is 0.0168 e. The van der Waals surface area contributed by atoms with Gasteiger partial charge in [0.05, 0.1) is 0 Å². The minimum absolute atomic E-state index is 0.467. The highest BCUT2D eigenvalue weighted by molar-refractivity contribution is 4.99. The van der Waals surface area contributed by atoms with Crippen LogP contribution in [-0.4, -0.2) is 23.5 Å². The largest absolute Gasteiger partial charge is 0.298 e. The summed E-state index contributed by atoms with van der Waals surface area (Å²) in [6.45, 7) is 13.2. The summed E-state index contributed by atoms with van der Waals surface area (Å²) in [7, 11) is 2.23. The minimum atomic E-state index is 0.467. The van der Waals surface area contributed by atoms with Crippen LogP contribution in [0.4, 0.5) is 0 Å². The molecule has 1 nitrogen and oxygen atoms in total. The van der Waals surface area contributed by atoms with Crippen molar-refractivity contribution in [3.63, 3.8) is 0 Å². The lowest BCUT2D eigenvalue weighted by molar-refractivity contribution is -0.0478. The summed E-state index contributed by atoms with van der Waals surface area (Å²) in [6.07, 6.45) is 1.36. The van der Waals surface area contributed by atoms with Gasteiger partial charge in [-0.05, 0) is 33.2 Å². The molecule has 1 heteroatoms. The van der Waals surface area contributed by atoms with E-state index in [1.54, 1.807) is 0 Å². The van der Waals surface area contributed by atoms with Crippen LogP contribution < -0.4 is 0 Å². The highest BCUT2D eigenvalue weighted by Gasteiger charge is 2.42. The molecule has 1 aliphatic heterocycles. The van der Waals surface area contributed by atoms with Gasteiger partial charge in [0, 0.05) is 11.6 Å². The van der Waals surface area contributed by atoms with E-state index in [1.165, 1.54) is 6.42 Å². The van der Waals surface area contributed by atoms with Gasteiger partial charge >= 0.3 is 0 Å². The summed E-state index contributed by atoms with van der Waals surface area (Å²) < 4.78 is 0. The van der Waals surface area contributed by atoms with Crippen molar-refractivity contribution >= 4 is 0 Å². The smallest absolute Gasteiger partial charge is 0.0168 e. The third-order valence-corrected chi connectivity index (χ3v) is 2.93. The number of hydrogen-bond donors (Lipinski definition) is 0. The number of nitrogens with zero attached hydrogens (tertiary/aromatic N) is 1. The molecular weight excluding hydrogens is 146 g/mol. The van der Waals surface area contributed by atoms with E-state index in [9.17, 15) is 0 Å². The first-order valence-electron chi connectivity index (χ1n) is 5.18. The van der Waals surface area contributed by atoms with E-state index in [-0.39, 0.29) is 0 Å². The molecule has 0 N–H and O–H groups in total. The Hall–Kier alpha value is -0.0400. The van der Waals surface area contributed by atoms with Crippen molar-refractivity contribution in [2.75, 3.05) is 7.05 Å². The SMILES string of the molecule is CC.CC(C)C1CC(C)(C)N1C. The van der Waals surface area contributed by atoms with E-state index >= 15 is 0 Å². The third-order valence-electron chi connectivity index (χ3n) is 2.93. The van der Waals surface area contributed by atoms with Gasteiger partial charge in [0.2, 0.25) is 0 Å². The van der Waals surface area contributed by atoms with Crippen LogP contribution in [0.3, 0.4) is 0 Å². The van der Waals surface area contributed by atoms with Crippen molar-refractivity contribution in [3.8, 4) is 0 Å². The van der Waals surface area contributed by atoms with Crippen LogP contribution in [0.1, 0.15) is 48.0 Å². The Morgan fingerprint density at radius 3 is 1.75 bits per heavy atom.